The van der Waals surface area contributed by atoms with Gasteiger partial charge in [-0.15, -0.1) is 14.8 Å². The lowest BCUT2D eigenvalue weighted by Gasteiger charge is -2.01. The molecule has 2 aromatic rings. The molecular formula is C7H11N5. The Morgan fingerprint density at radius 1 is 1.42 bits per heavy atom. The number of rotatable bonds is 1. The first-order valence-electron chi connectivity index (χ1n) is 3.93. The van der Waals surface area contributed by atoms with E-state index >= 15 is 0 Å². The van der Waals surface area contributed by atoms with E-state index in [2.05, 4.69) is 29.3 Å². The van der Waals surface area contributed by atoms with Crippen molar-refractivity contribution in [2.45, 2.75) is 19.8 Å². The molecule has 0 amide bonds. The van der Waals surface area contributed by atoms with Crippen LogP contribution in [0.3, 0.4) is 0 Å². The molecule has 0 atom stereocenters. The fraction of sp³-hybridized carbons (Fsp3) is 0.571. The minimum absolute atomic E-state index is 0.414. The molecule has 2 heterocycles. The van der Waals surface area contributed by atoms with Crippen LogP contribution in [0.25, 0.3) is 5.65 Å². The molecule has 0 N–H and O–H groups in total. The number of aromatic nitrogens is 5. The van der Waals surface area contributed by atoms with Crippen molar-refractivity contribution in [1.82, 2.24) is 24.6 Å². The second-order valence-corrected chi connectivity index (χ2v) is 3.15. The van der Waals surface area contributed by atoms with Crippen LogP contribution < -0.4 is 0 Å². The van der Waals surface area contributed by atoms with Crippen molar-refractivity contribution in [3.63, 3.8) is 0 Å². The van der Waals surface area contributed by atoms with Gasteiger partial charge in [-0.2, -0.15) is 0 Å². The monoisotopic (exact) mass is 165 g/mol. The molecule has 0 bridgehead atoms. The molecule has 0 saturated carbocycles. The summed E-state index contributed by atoms with van der Waals surface area (Å²) in [4.78, 5) is 0. The summed E-state index contributed by atoms with van der Waals surface area (Å²) in [5, 5.41) is 11.8. The highest BCUT2D eigenvalue weighted by atomic mass is 15.6. The molecule has 5 heteroatoms. The van der Waals surface area contributed by atoms with Gasteiger partial charge in [-0.3, -0.25) is 0 Å². The molecule has 0 radical (unpaired) electrons. The molecule has 0 spiro atoms. The van der Waals surface area contributed by atoms with Crippen molar-refractivity contribution in [1.29, 1.82) is 0 Å². The van der Waals surface area contributed by atoms with Crippen molar-refractivity contribution < 1.29 is 0 Å². The third kappa shape index (κ3) is 0.823. The molecule has 5 nitrogen and oxygen atoms in total. The van der Waals surface area contributed by atoms with Crippen molar-refractivity contribution in [3.8, 4) is 0 Å². The summed E-state index contributed by atoms with van der Waals surface area (Å²) in [6.07, 6.45) is 1.71. The van der Waals surface area contributed by atoms with Gasteiger partial charge in [0.2, 0.25) is 0 Å². The van der Waals surface area contributed by atoms with Gasteiger partial charge in [0.05, 0.1) is 6.20 Å². The summed E-state index contributed by atoms with van der Waals surface area (Å²) in [5.41, 5.74) is 0.929. The molecule has 0 aliphatic heterocycles. The maximum Gasteiger partial charge on any atom is 0.178 e. The van der Waals surface area contributed by atoms with E-state index in [9.17, 15) is 0 Å². The Balaban J connectivity index is 2.70. The molecule has 0 aromatic carbocycles. The molecular weight excluding hydrogens is 154 g/mol. The molecule has 12 heavy (non-hydrogen) atoms. The van der Waals surface area contributed by atoms with Gasteiger partial charge >= 0.3 is 0 Å². The SMILES string of the molecule is CC(C)c1nn2nncc2n1C. The Kier molecular flexibility index (Phi) is 1.39. The first-order valence-corrected chi connectivity index (χ1v) is 3.93. The maximum absolute atomic E-state index is 4.28. The third-order valence-electron chi connectivity index (χ3n) is 1.92. The number of fused-ring (bicyclic) bond motifs is 1. The van der Waals surface area contributed by atoms with E-state index in [0.717, 1.165) is 11.5 Å². The number of hydrogen-bond donors (Lipinski definition) is 0. The summed E-state index contributed by atoms with van der Waals surface area (Å²) >= 11 is 0. The van der Waals surface area contributed by atoms with Gasteiger partial charge in [0.1, 0.15) is 5.82 Å². The zero-order chi connectivity index (χ0) is 8.72. The Hall–Kier alpha value is -1.39. The Bertz CT molecular complexity index is 397. The van der Waals surface area contributed by atoms with Gasteiger partial charge in [0, 0.05) is 13.0 Å². The molecule has 2 aromatic heterocycles. The van der Waals surface area contributed by atoms with Gasteiger partial charge in [-0.25, -0.2) is 0 Å². The predicted molar refractivity (Wildman–Crippen MR) is 43.8 cm³/mol. The minimum Gasteiger partial charge on any atom is -0.313 e. The van der Waals surface area contributed by atoms with E-state index in [1.165, 1.54) is 0 Å². The van der Waals surface area contributed by atoms with Crippen LogP contribution in [0.2, 0.25) is 0 Å². The van der Waals surface area contributed by atoms with Crippen LogP contribution in [0, 0.1) is 0 Å². The fourth-order valence-corrected chi connectivity index (χ4v) is 1.30. The summed E-state index contributed by atoms with van der Waals surface area (Å²) in [5.74, 6) is 1.44. The van der Waals surface area contributed by atoms with Crippen LogP contribution in [0.4, 0.5) is 0 Å². The second-order valence-electron chi connectivity index (χ2n) is 3.15. The highest BCUT2D eigenvalue weighted by molar-refractivity contribution is 5.34. The van der Waals surface area contributed by atoms with Gasteiger partial charge in [-0.1, -0.05) is 13.8 Å². The van der Waals surface area contributed by atoms with E-state index in [4.69, 9.17) is 0 Å². The zero-order valence-corrected chi connectivity index (χ0v) is 7.39. The van der Waals surface area contributed by atoms with Gasteiger partial charge < -0.3 is 4.57 Å². The molecule has 64 valence electrons. The Morgan fingerprint density at radius 3 is 2.75 bits per heavy atom. The predicted octanol–water partition coefficient (Wildman–Crippen LogP) is 0.586. The van der Waals surface area contributed by atoms with E-state index in [1.807, 2.05) is 11.6 Å². The summed E-state index contributed by atoms with van der Waals surface area (Å²) < 4.78 is 3.56. The van der Waals surface area contributed by atoms with Crippen molar-refractivity contribution >= 4 is 5.65 Å². The molecule has 0 aliphatic carbocycles. The first kappa shape index (κ1) is 7.27. The van der Waals surface area contributed by atoms with E-state index in [1.54, 1.807) is 10.8 Å². The van der Waals surface area contributed by atoms with Crippen LogP contribution in [-0.2, 0) is 7.05 Å². The van der Waals surface area contributed by atoms with Gasteiger partial charge in [0.15, 0.2) is 5.65 Å². The zero-order valence-electron chi connectivity index (χ0n) is 7.39. The van der Waals surface area contributed by atoms with Crippen molar-refractivity contribution in [2.24, 2.45) is 7.05 Å². The largest absolute Gasteiger partial charge is 0.313 e. The maximum atomic E-state index is 4.28. The molecule has 0 aliphatic rings. The highest BCUT2D eigenvalue weighted by Gasteiger charge is 2.11. The first-order chi connectivity index (χ1) is 5.70. The summed E-state index contributed by atoms with van der Waals surface area (Å²) in [6.45, 7) is 4.21. The standard InChI is InChI=1S/C7H11N5/c1-5(2)7-9-12-6(11(7)3)4-8-10-12/h4-5H,1-3H3. The van der Waals surface area contributed by atoms with Gasteiger partial charge in [-0.05, 0) is 5.21 Å². The lowest BCUT2D eigenvalue weighted by molar-refractivity contribution is 0.679. The molecule has 0 unspecified atom stereocenters. The fourth-order valence-electron chi connectivity index (χ4n) is 1.30. The Morgan fingerprint density at radius 2 is 2.17 bits per heavy atom. The lowest BCUT2D eigenvalue weighted by atomic mass is 10.2. The van der Waals surface area contributed by atoms with E-state index in [-0.39, 0.29) is 0 Å². The lowest BCUT2D eigenvalue weighted by Crippen LogP contribution is -1.99. The highest BCUT2D eigenvalue weighted by Crippen LogP contribution is 2.12. The molecule has 2 rings (SSSR count). The van der Waals surface area contributed by atoms with Crippen LogP contribution >= 0.6 is 0 Å². The molecule has 0 fully saturated rings. The smallest absolute Gasteiger partial charge is 0.178 e. The van der Waals surface area contributed by atoms with E-state index in [0.29, 0.717) is 5.92 Å². The summed E-state index contributed by atoms with van der Waals surface area (Å²) in [6, 6.07) is 0. The van der Waals surface area contributed by atoms with Crippen molar-refractivity contribution in [3.05, 3.63) is 12.0 Å². The quantitative estimate of drug-likeness (QED) is 0.621. The normalized spacial score (nSPS) is 11.7. The third-order valence-corrected chi connectivity index (χ3v) is 1.92. The number of aryl methyl sites for hydroxylation is 1. The van der Waals surface area contributed by atoms with Crippen LogP contribution in [-0.4, -0.2) is 24.6 Å². The van der Waals surface area contributed by atoms with E-state index < -0.39 is 0 Å². The molecule has 0 saturated heterocycles. The number of hydrogen-bond acceptors (Lipinski definition) is 3. The summed E-state index contributed by atoms with van der Waals surface area (Å²) in [7, 11) is 1.97. The van der Waals surface area contributed by atoms with Crippen molar-refractivity contribution in [2.75, 3.05) is 0 Å². The number of nitrogens with zero attached hydrogens (tertiary/aromatic N) is 5. The van der Waals surface area contributed by atoms with Crippen LogP contribution in [0.15, 0.2) is 6.20 Å². The minimum atomic E-state index is 0.414. The average Bonchev–Trinajstić information content (AvgIpc) is 2.53. The van der Waals surface area contributed by atoms with Crippen LogP contribution in [0.5, 0.6) is 0 Å². The average molecular weight is 165 g/mol. The second kappa shape index (κ2) is 2.30. The topological polar surface area (TPSA) is 48.0 Å². The van der Waals surface area contributed by atoms with Crippen LogP contribution in [0.1, 0.15) is 25.6 Å². The Labute approximate surface area is 70.0 Å². The van der Waals surface area contributed by atoms with Gasteiger partial charge in [0.25, 0.3) is 0 Å².